The monoisotopic (exact) mass is 284 g/mol. The quantitative estimate of drug-likeness (QED) is 0.873. The Morgan fingerprint density at radius 2 is 2.16 bits per heavy atom. The minimum atomic E-state index is -0.0427. The number of carbonyl (C=O) groups excluding carboxylic acids is 1. The number of hydrogen-bond donors (Lipinski definition) is 1. The molecule has 0 aliphatic carbocycles. The van der Waals surface area contributed by atoms with Gasteiger partial charge in [-0.15, -0.1) is 0 Å². The van der Waals surface area contributed by atoms with Gasteiger partial charge in [0.1, 0.15) is 0 Å². The zero-order valence-electron chi connectivity index (χ0n) is 11.9. The van der Waals surface area contributed by atoms with Gasteiger partial charge in [-0.05, 0) is 32.0 Å². The molecular formula is C14H21ClN2O2. The Hall–Kier alpha value is -1.26. The van der Waals surface area contributed by atoms with Crippen LogP contribution in [0.5, 0.6) is 0 Å². The van der Waals surface area contributed by atoms with Gasteiger partial charge in [0.2, 0.25) is 0 Å². The number of carbonyl (C=O) groups is 1. The molecule has 1 rings (SSSR count). The molecule has 0 saturated carbocycles. The molecule has 1 N–H and O–H groups in total. The van der Waals surface area contributed by atoms with E-state index in [1.54, 1.807) is 31.2 Å². The molecule has 0 saturated heterocycles. The average Bonchev–Trinajstić information content (AvgIpc) is 2.38. The first-order valence-electron chi connectivity index (χ1n) is 6.28. The van der Waals surface area contributed by atoms with E-state index in [4.69, 9.17) is 16.3 Å². The second-order valence-corrected chi connectivity index (χ2v) is 4.96. The standard InChI is InChI=1S/C14H21ClN2O2/c1-10(2)17(7-8-19-4)14(18)12-9-11(15)5-6-13(12)16-3/h5-6,9-10,16H,7-8H2,1-4H3. The number of nitrogens with one attached hydrogen (secondary N) is 1. The summed E-state index contributed by atoms with van der Waals surface area (Å²) in [6, 6.07) is 5.37. The summed E-state index contributed by atoms with van der Waals surface area (Å²) in [5.74, 6) is -0.0427. The van der Waals surface area contributed by atoms with Crippen LogP contribution in [0.25, 0.3) is 0 Å². The SMILES string of the molecule is CNc1ccc(Cl)cc1C(=O)N(CCOC)C(C)C. The Kier molecular flexibility index (Phi) is 6.12. The Labute approximate surface area is 119 Å². The van der Waals surface area contributed by atoms with Crippen LogP contribution in [0.3, 0.4) is 0 Å². The van der Waals surface area contributed by atoms with Crippen LogP contribution in [-0.4, -0.2) is 44.2 Å². The molecule has 19 heavy (non-hydrogen) atoms. The number of ether oxygens (including phenoxy) is 1. The molecule has 0 unspecified atom stereocenters. The zero-order chi connectivity index (χ0) is 14.4. The van der Waals surface area contributed by atoms with Gasteiger partial charge in [-0.3, -0.25) is 4.79 Å². The lowest BCUT2D eigenvalue weighted by atomic mass is 10.1. The van der Waals surface area contributed by atoms with Crippen LogP contribution >= 0.6 is 11.6 Å². The lowest BCUT2D eigenvalue weighted by molar-refractivity contribution is 0.0636. The molecule has 0 spiro atoms. The van der Waals surface area contributed by atoms with E-state index in [1.165, 1.54) is 0 Å². The molecule has 1 aromatic rings. The van der Waals surface area contributed by atoms with Gasteiger partial charge < -0.3 is 15.0 Å². The van der Waals surface area contributed by atoms with E-state index >= 15 is 0 Å². The van der Waals surface area contributed by atoms with Crippen molar-refractivity contribution in [1.29, 1.82) is 0 Å². The summed E-state index contributed by atoms with van der Waals surface area (Å²) < 4.78 is 5.05. The predicted octanol–water partition coefficient (Wildman–Crippen LogP) is 2.88. The van der Waals surface area contributed by atoms with Crippen LogP contribution in [0, 0.1) is 0 Å². The fourth-order valence-electron chi connectivity index (χ4n) is 1.85. The lowest BCUT2D eigenvalue weighted by Crippen LogP contribution is -2.39. The van der Waals surface area contributed by atoms with E-state index in [1.807, 2.05) is 19.9 Å². The number of benzene rings is 1. The summed E-state index contributed by atoms with van der Waals surface area (Å²) >= 11 is 5.98. The van der Waals surface area contributed by atoms with Gasteiger partial charge in [0, 0.05) is 37.5 Å². The summed E-state index contributed by atoms with van der Waals surface area (Å²) in [5.41, 5.74) is 1.36. The largest absolute Gasteiger partial charge is 0.387 e. The summed E-state index contributed by atoms with van der Waals surface area (Å²) in [6.45, 7) is 5.04. The number of rotatable bonds is 6. The summed E-state index contributed by atoms with van der Waals surface area (Å²) in [5, 5.41) is 3.57. The maximum Gasteiger partial charge on any atom is 0.256 e. The second kappa shape index (κ2) is 7.36. The molecule has 4 nitrogen and oxygen atoms in total. The van der Waals surface area contributed by atoms with Crippen molar-refractivity contribution in [3.63, 3.8) is 0 Å². The highest BCUT2D eigenvalue weighted by molar-refractivity contribution is 6.31. The summed E-state index contributed by atoms with van der Waals surface area (Å²) in [6.07, 6.45) is 0. The third-order valence-corrected chi connectivity index (χ3v) is 3.14. The zero-order valence-corrected chi connectivity index (χ0v) is 12.6. The van der Waals surface area contributed by atoms with Gasteiger partial charge in [-0.1, -0.05) is 11.6 Å². The third kappa shape index (κ3) is 4.11. The summed E-state index contributed by atoms with van der Waals surface area (Å²) in [4.78, 5) is 14.4. The van der Waals surface area contributed by atoms with Gasteiger partial charge in [0.15, 0.2) is 0 Å². The van der Waals surface area contributed by atoms with Crippen LogP contribution < -0.4 is 5.32 Å². The normalized spacial score (nSPS) is 10.6. The molecular weight excluding hydrogens is 264 g/mol. The van der Waals surface area contributed by atoms with Crippen molar-refractivity contribution in [2.45, 2.75) is 19.9 Å². The first-order valence-corrected chi connectivity index (χ1v) is 6.66. The number of halogens is 1. The van der Waals surface area contributed by atoms with Gasteiger partial charge in [-0.2, -0.15) is 0 Å². The summed E-state index contributed by atoms with van der Waals surface area (Å²) in [7, 11) is 3.41. The van der Waals surface area contributed by atoms with Crippen molar-refractivity contribution in [3.8, 4) is 0 Å². The molecule has 0 aliphatic heterocycles. The van der Waals surface area contributed by atoms with E-state index in [2.05, 4.69) is 5.32 Å². The topological polar surface area (TPSA) is 41.6 Å². The van der Waals surface area contributed by atoms with Crippen LogP contribution in [0.1, 0.15) is 24.2 Å². The fourth-order valence-corrected chi connectivity index (χ4v) is 2.02. The van der Waals surface area contributed by atoms with Crippen molar-refractivity contribution in [3.05, 3.63) is 28.8 Å². The molecule has 106 valence electrons. The smallest absolute Gasteiger partial charge is 0.256 e. The molecule has 0 aliphatic rings. The Morgan fingerprint density at radius 1 is 1.47 bits per heavy atom. The highest BCUT2D eigenvalue weighted by Crippen LogP contribution is 2.22. The number of anilines is 1. The van der Waals surface area contributed by atoms with Crippen molar-refractivity contribution in [1.82, 2.24) is 4.90 Å². The lowest BCUT2D eigenvalue weighted by Gasteiger charge is -2.27. The Balaban J connectivity index is 3.04. The van der Waals surface area contributed by atoms with Crippen molar-refractivity contribution in [2.75, 3.05) is 32.6 Å². The number of hydrogen-bond acceptors (Lipinski definition) is 3. The van der Waals surface area contributed by atoms with Crippen LogP contribution in [0.4, 0.5) is 5.69 Å². The molecule has 1 aromatic carbocycles. The fraction of sp³-hybridized carbons (Fsp3) is 0.500. The van der Waals surface area contributed by atoms with Crippen molar-refractivity contribution in [2.24, 2.45) is 0 Å². The van der Waals surface area contributed by atoms with Crippen LogP contribution in [0.15, 0.2) is 18.2 Å². The van der Waals surface area contributed by atoms with E-state index in [0.29, 0.717) is 23.7 Å². The maximum absolute atomic E-state index is 12.6. The van der Waals surface area contributed by atoms with Crippen LogP contribution in [0.2, 0.25) is 5.02 Å². The van der Waals surface area contributed by atoms with E-state index < -0.39 is 0 Å². The minimum absolute atomic E-state index is 0.0427. The number of amides is 1. The van der Waals surface area contributed by atoms with Crippen molar-refractivity contribution >= 4 is 23.2 Å². The van der Waals surface area contributed by atoms with E-state index in [0.717, 1.165) is 5.69 Å². The molecule has 0 fully saturated rings. The highest BCUT2D eigenvalue weighted by atomic mass is 35.5. The molecule has 0 heterocycles. The first kappa shape index (κ1) is 15.8. The molecule has 0 aromatic heterocycles. The molecule has 1 amide bonds. The molecule has 0 radical (unpaired) electrons. The van der Waals surface area contributed by atoms with Gasteiger partial charge in [-0.25, -0.2) is 0 Å². The van der Waals surface area contributed by atoms with Gasteiger partial charge in [0.25, 0.3) is 5.91 Å². The Morgan fingerprint density at radius 3 is 2.68 bits per heavy atom. The Bertz CT molecular complexity index is 435. The van der Waals surface area contributed by atoms with Gasteiger partial charge in [0.05, 0.1) is 12.2 Å². The van der Waals surface area contributed by atoms with Crippen molar-refractivity contribution < 1.29 is 9.53 Å². The van der Waals surface area contributed by atoms with Crippen LogP contribution in [-0.2, 0) is 4.74 Å². The average molecular weight is 285 g/mol. The number of nitrogens with zero attached hydrogens (tertiary/aromatic N) is 1. The molecule has 0 atom stereocenters. The highest BCUT2D eigenvalue weighted by Gasteiger charge is 2.21. The number of methoxy groups -OCH3 is 1. The molecule has 5 heteroatoms. The van der Waals surface area contributed by atoms with Gasteiger partial charge >= 0.3 is 0 Å². The predicted molar refractivity (Wildman–Crippen MR) is 79.0 cm³/mol. The first-order chi connectivity index (χ1) is 9.01. The van der Waals surface area contributed by atoms with E-state index in [-0.39, 0.29) is 11.9 Å². The third-order valence-electron chi connectivity index (χ3n) is 2.90. The molecule has 0 bridgehead atoms. The maximum atomic E-state index is 12.6. The van der Waals surface area contributed by atoms with E-state index in [9.17, 15) is 4.79 Å². The second-order valence-electron chi connectivity index (χ2n) is 4.52. The minimum Gasteiger partial charge on any atom is -0.387 e.